The third-order valence-corrected chi connectivity index (χ3v) is 3.47. The Labute approximate surface area is 130 Å². The zero-order valence-corrected chi connectivity index (χ0v) is 13.3. The molecule has 0 aliphatic carbocycles. The van der Waals surface area contributed by atoms with Crippen LogP contribution in [0.2, 0.25) is 5.02 Å². The van der Waals surface area contributed by atoms with Gasteiger partial charge in [0.05, 0.1) is 22.8 Å². The highest BCUT2D eigenvalue weighted by molar-refractivity contribution is 9.10. The third kappa shape index (κ3) is 3.32. The number of aromatic nitrogens is 2. The number of nitrogens with one attached hydrogen (secondary N) is 1. The minimum Gasteiger partial charge on any atom is -0.495 e. The number of amides is 1. The van der Waals surface area contributed by atoms with Gasteiger partial charge in [0.15, 0.2) is 0 Å². The summed E-state index contributed by atoms with van der Waals surface area (Å²) in [5.74, 6) is 0.385. The Bertz CT molecular complexity index is 630. The van der Waals surface area contributed by atoms with E-state index in [1.165, 1.54) is 7.11 Å². The Morgan fingerprint density at radius 2 is 2.30 bits per heavy atom. The van der Waals surface area contributed by atoms with Crippen molar-refractivity contribution in [3.63, 3.8) is 0 Å². The minimum atomic E-state index is -0.429. The van der Waals surface area contributed by atoms with Gasteiger partial charge in [0, 0.05) is 11.9 Å². The zero-order chi connectivity index (χ0) is 14.7. The lowest BCUT2D eigenvalue weighted by Crippen LogP contribution is -2.23. The lowest BCUT2D eigenvalue weighted by molar-refractivity contribution is -0.119. The van der Waals surface area contributed by atoms with Gasteiger partial charge in [-0.15, -0.1) is 0 Å². The van der Waals surface area contributed by atoms with E-state index in [-0.39, 0.29) is 5.91 Å². The first-order valence-corrected chi connectivity index (χ1v) is 7.02. The van der Waals surface area contributed by atoms with Crippen LogP contribution >= 0.6 is 27.5 Å². The van der Waals surface area contributed by atoms with E-state index >= 15 is 0 Å². The molecule has 2 rings (SSSR count). The second-order valence-electron chi connectivity index (χ2n) is 4.15. The number of methoxy groups -OCH3 is 1. The summed E-state index contributed by atoms with van der Waals surface area (Å²) in [6.07, 6.45) is 3.37. The van der Waals surface area contributed by atoms with E-state index in [9.17, 15) is 4.79 Å². The average molecular weight is 359 g/mol. The Hall–Kier alpha value is -1.53. The van der Waals surface area contributed by atoms with Crippen LogP contribution < -0.4 is 10.1 Å². The summed E-state index contributed by atoms with van der Waals surface area (Å²) in [6.45, 7) is 1.76. The number of nitrogens with zero attached hydrogens (tertiary/aromatic N) is 2. The molecule has 0 fully saturated rings. The Morgan fingerprint density at radius 3 is 2.85 bits per heavy atom. The lowest BCUT2D eigenvalue weighted by atomic mass is 10.2. The van der Waals surface area contributed by atoms with Crippen LogP contribution in [-0.4, -0.2) is 22.8 Å². The molecule has 1 amide bonds. The van der Waals surface area contributed by atoms with Gasteiger partial charge >= 0.3 is 0 Å². The molecular formula is C13H13BrClN3O2. The number of carbonyl (C=O) groups excluding carboxylic acids is 1. The van der Waals surface area contributed by atoms with Gasteiger partial charge in [-0.1, -0.05) is 11.6 Å². The van der Waals surface area contributed by atoms with Crippen LogP contribution in [0.1, 0.15) is 13.0 Å². The largest absolute Gasteiger partial charge is 0.495 e. The van der Waals surface area contributed by atoms with Crippen molar-refractivity contribution < 1.29 is 9.53 Å². The molecule has 0 spiro atoms. The number of ether oxygens (including phenoxy) is 1. The van der Waals surface area contributed by atoms with E-state index in [2.05, 4.69) is 26.3 Å². The van der Waals surface area contributed by atoms with Gasteiger partial charge in [0.1, 0.15) is 11.8 Å². The number of rotatable bonds is 4. The Kier molecular flexibility index (Phi) is 4.67. The summed E-state index contributed by atoms with van der Waals surface area (Å²) in [5.41, 5.74) is 0.610. The first-order chi connectivity index (χ1) is 9.51. The van der Waals surface area contributed by atoms with E-state index in [1.54, 1.807) is 42.2 Å². The second kappa shape index (κ2) is 6.28. The maximum atomic E-state index is 12.1. The van der Waals surface area contributed by atoms with Crippen LogP contribution in [0.15, 0.2) is 35.1 Å². The number of anilines is 1. The molecule has 0 aliphatic rings. The molecule has 1 aromatic carbocycles. The molecule has 0 bridgehead atoms. The maximum absolute atomic E-state index is 12.1. The molecule has 0 aliphatic heterocycles. The molecule has 0 saturated carbocycles. The number of benzene rings is 1. The van der Waals surface area contributed by atoms with E-state index in [4.69, 9.17) is 16.3 Å². The van der Waals surface area contributed by atoms with E-state index in [0.717, 1.165) is 4.47 Å². The zero-order valence-electron chi connectivity index (χ0n) is 10.9. The van der Waals surface area contributed by atoms with Crippen molar-refractivity contribution in [3.05, 3.63) is 40.1 Å². The number of hydrogen-bond donors (Lipinski definition) is 1. The highest BCUT2D eigenvalue weighted by Crippen LogP contribution is 2.27. The Balaban J connectivity index is 2.09. The fourth-order valence-electron chi connectivity index (χ4n) is 1.64. The molecule has 0 radical (unpaired) electrons. The molecule has 2 aromatic rings. The fraction of sp³-hybridized carbons (Fsp3) is 0.231. The maximum Gasteiger partial charge on any atom is 0.248 e. The van der Waals surface area contributed by atoms with Gasteiger partial charge in [-0.05, 0) is 41.1 Å². The third-order valence-electron chi connectivity index (χ3n) is 2.77. The average Bonchev–Trinajstić information content (AvgIpc) is 2.84. The topological polar surface area (TPSA) is 56.1 Å². The summed E-state index contributed by atoms with van der Waals surface area (Å²) in [6, 6.07) is 4.65. The van der Waals surface area contributed by atoms with Crippen LogP contribution in [-0.2, 0) is 4.79 Å². The molecule has 5 nitrogen and oxygen atoms in total. The fourth-order valence-corrected chi connectivity index (χ4v) is 2.20. The summed E-state index contributed by atoms with van der Waals surface area (Å²) < 4.78 is 7.46. The minimum absolute atomic E-state index is 0.179. The molecular weight excluding hydrogens is 346 g/mol. The van der Waals surface area contributed by atoms with Crippen LogP contribution in [0.5, 0.6) is 5.75 Å². The van der Waals surface area contributed by atoms with E-state index < -0.39 is 6.04 Å². The standard InChI is InChI=1S/C13H13BrClN3O2/c1-8(18-7-9(14)6-16-18)13(19)17-10-3-4-12(20-2)11(15)5-10/h3-8H,1-2H3,(H,17,19)/t8-/m0/s1. The van der Waals surface area contributed by atoms with Gasteiger partial charge < -0.3 is 10.1 Å². The molecule has 106 valence electrons. The lowest BCUT2D eigenvalue weighted by Gasteiger charge is -2.13. The molecule has 7 heteroatoms. The normalized spacial score (nSPS) is 12.0. The highest BCUT2D eigenvalue weighted by Gasteiger charge is 2.16. The quantitative estimate of drug-likeness (QED) is 0.910. The first kappa shape index (κ1) is 14.9. The second-order valence-corrected chi connectivity index (χ2v) is 5.48. The molecule has 1 heterocycles. The predicted molar refractivity (Wildman–Crippen MR) is 81.3 cm³/mol. The summed E-state index contributed by atoms with van der Waals surface area (Å²) in [5, 5.41) is 7.32. The molecule has 20 heavy (non-hydrogen) atoms. The monoisotopic (exact) mass is 357 g/mol. The summed E-state index contributed by atoms with van der Waals surface area (Å²) in [7, 11) is 1.54. The van der Waals surface area contributed by atoms with E-state index in [1.807, 2.05) is 0 Å². The first-order valence-electron chi connectivity index (χ1n) is 5.85. The van der Waals surface area contributed by atoms with Crippen molar-refractivity contribution in [2.75, 3.05) is 12.4 Å². The SMILES string of the molecule is COc1ccc(NC(=O)[C@H](C)n2cc(Br)cn2)cc1Cl. The molecule has 0 unspecified atom stereocenters. The van der Waals surface area contributed by atoms with E-state index in [0.29, 0.717) is 16.5 Å². The Morgan fingerprint density at radius 1 is 1.55 bits per heavy atom. The highest BCUT2D eigenvalue weighted by atomic mass is 79.9. The molecule has 0 saturated heterocycles. The number of halogens is 2. The van der Waals surface area contributed by atoms with Gasteiger partial charge in [-0.25, -0.2) is 0 Å². The van der Waals surface area contributed by atoms with Gasteiger partial charge in [0.2, 0.25) is 5.91 Å². The van der Waals surface area contributed by atoms with Crippen molar-refractivity contribution >= 4 is 39.1 Å². The summed E-state index contributed by atoms with van der Waals surface area (Å²) in [4.78, 5) is 12.1. The van der Waals surface area contributed by atoms with Crippen molar-refractivity contribution in [2.45, 2.75) is 13.0 Å². The van der Waals surface area contributed by atoms with Crippen molar-refractivity contribution in [1.29, 1.82) is 0 Å². The van der Waals surface area contributed by atoms with Crippen LogP contribution in [0.4, 0.5) is 5.69 Å². The molecule has 1 N–H and O–H groups in total. The van der Waals surface area contributed by atoms with Crippen molar-refractivity contribution in [3.8, 4) is 5.75 Å². The van der Waals surface area contributed by atoms with Gasteiger partial charge in [-0.3, -0.25) is 9.48 Å². The summed E-state index contributed by atoms with van der Waals surface area (Å²) >= 11 is 9.31. The van der Waals surface area contributed by atoms with Gasteiger partial charge in [0.25, 0.3) is 0 Å². The smallest absolute Gasteiger partial charge is 0.248 e. The van der Waals surface area contributed by atoms with Crippen molar-refractivity contribution in [1.82, 2.24) is 9.78 Å². The molecule has 1 aromatic heterocycles. The molecule has 1 atom stereocenters. The number of carbonyl (C=O) groups is 1. The number of hydrogen-bond acceptors (Lipinski definition) is 3. The van der Waals surface area contributed by atoms with Crippen molar-refractivity contribution in [2.24, 2.45) is 0 Å². The van der Waals surface area contributed by atoms with Crippen LogP contribution in [0.3, 0.4) is 0 Å². The van der Waals surface area contributed by atoms with Gasteiger partial charge in [-0.2, -0.15) is 5.10 Å². The predicted octanol–water partition coefficient (Wildman–Crippen LogP) is 3.51. The van der Waals surface area contributed by atoms with Crippen LogP contribution in [0.25, 0.3) is 0 Å². The van der Waals surface area contributed by atoms with Crippen LogP contribution in [0, 0.1) is 0 Å².